The van der Waals surface area contributed by atoms with Crippen molar-refractivity contribution in [2.45, 2.75) is 13.0 Å². The molecular weight excluding hydrogens is 298 g/mol. The molecule has 1 saturated heterocycles. The molecule has 2 aromatic rings. The molecule has 4 rings (SSSR count). The summed E-state index contributed by atoms with van der Waals surface area (Å²) in [6.45, 7) is 6.20. The average Bonchev–Trinajstić information content (AvgIpc) is 2.68. The predicted molar refractivity (Wildman–Crippen MR) is 99.3 cm³/mol. The Morgan fingerprint density at radius 1 is 0.917 bits per heavy atom. The predicted octanol–water partition coefficient (Wildman–Crippen LogP) is 2.67. The number of ether oxygens (including phenoxy) is 1. The van der Waals surface area contributed by atoms with Crippen molar-refractivity contribution in [3.8, 4) is 5.75 Å². The van der Waals surface area contributed by atoms with E-state index in [0.29, 0.717) is 0 Å². The lowest BCUT2D eigenvalue weighted by Gasteiger charge is -2.39. The number of anilines is 2. The molecular formula is C20H25N3O. The van der Waals surface area contributed by atoms with Crippen LogP contribution in [0.1, 0.15) is 11.1 Å². The molecule has 0 spiro atoms. The standard InChI is InChI=1S/C20H25N3O/c1-24-19-8-7-16-15-21-10-9-18(16)20(19)23-13-11-22(12-14-23)17-5-3-2-4-6-17/h2-8,21H,9-15H2,1H3. The molecule has 2 heterocycles. The molecule has 2 aromatic carbocycles. The van der Waals surface area contributed by atoms with E-state index in [1.807, 2.05) is 0 Å². The van der Waals surface area contributed by atoms with Crippen molar-refractivity contribution in [1.29, 1.82) is 0 Å². The first-order chi connectivity index (χ1) is 11.9. The Kier molecular flexibility index (Phi) is 4.30. The van der Waals surface area contributed by atoms with Crippen LogP contribution in [0.5, 0.6) is 5.75 Å². The van der Waals surface area contributed by atoms with E-state index in [0.717, 1.165) is 51.4 Å². The zero-order valence-corrected chi connectivity index (χ0v) is 14.3. The van der Waals surface area contributed by atoms with Crippen molar-refractivity contribution in [3.63, 3.8) is 0 Å². The minimum atomic E-state index is 0.969. The molecule has 1 fully saturated rings. The SMILES string of the molecule is COc1ccc2c(c1N1CCN(c3ccccc3)CC1)CCNC2. The molecule has 0 bridgehead atoms. The Bertz CT molecular complexity index is 694. The smallest absolute Gasteiger partial charge is 0.142 e. The van der Waals surface area contributed by atoms with Gasteiger partial charge in [0, 0.05) is 38.4 Å². The lowest BCUT2D eigenvalue weighted by molar-refractivity contribution is 0.412. The van der Waals surface area contributed by atoms with Crippen LogP contribution >= 0.6 is 0 Å². The van der Waals surface area contributed by atoms with Gasteiger partial charge in [0.25, 0.3) is 0 Å². The van der Waals surface area contributed by atoms with E-state index in [9.17, 15) is 0 Å². The van der Waals surface area contributed by atoms with Crippen LogP contribution in [0.15, 0.2) is 42.5 Å². The largest absolute Gasteiger partial charge is 0.495 e. The Morgan fingerprint density at radius 3 is 2.42 bits per heavy atom. The van der Waals surface area contributed by atoms with Gasteiger partial charge in [-0.15, -0.1) is 0 Å². The highest BCUT2D eigenvalue weighted by Crippen LogP contribution is 2.36. The van der Waals surface area contributed by atoms with Gasteiger partial charge in [0.2, 0.25) is 0 Å². The molecule has 0 aromatic heterocycles. The Labute approximate surface area is 144 Å². The second-order valence-corrected chi connectivity index (χ2v) is 6.49. The summed E-state index contributed by atoms with van der Waals surface area (Å²) in [5, 5.41) is 3.47. The topological polar surface area (TPSA) is 27.7 Å². The van der Waals surface area contributed by atoms with Crippen LogP contribution in [0.2, 0.25) is 0 Å². The highest BCUT2D eigenvalue weighted by Gasteiger charge is 2.25. The molecule has 1 N–H and O–H groups in total. The number of nitrogens with zero attached hydrogens (tertiary/aromatic N) is 2. The molecule has 126 valence electrons. The van der Waals surface area contributed by atoms with Crippen LogP contribution in [-0.2, 0) is 13.0 Å². The number of para-hydroxylation sites is 1. The molecule has 24 heavy (non-hydrogen) atoms. The quantitative estimate of drug-likeness (QED) is 0.940. The molecule has 4 heteroatoms. The van der Waals surface area contributed by atoms with E-state index in [1.165, 1.54) is 22.5 Å². The molecule has 4 nitrogen and oxygen atoms in total. The summed E-state index contributed by atoms with van der Waals surface area (Å²) in [5.41, 5.74) is 5.54. The monoisotopic (exact) mass is 323 g/mol. The maximum absolute atomic E-state index is 5.70. The van der Waals surface area contributed by atoms with Gasteiger partial charge in [-0.1, -0.05) is 24.3 Å². The van der Waals surface area contributed by atoms with Crippen molar-refractivity contribution >= 4 is 11.4 Å². The van der Waals surface area contributed by atoms with Gasteiger partial charge in [0.1, 0.15) is 5.75 Å². The number of hydrogen-bond donors (Lipinski definition) is 1. The van der Waals surface area contributed by atoms with Crippen molar-refractivity contribution in [1.82, 2.24) is 5.32 Å². The van der Waals surface area contributed by atoms with E-state index >= 15 is 0 Å². The lowest BCUT2D eigenvalue weighted by atomic mass is 9.97. The number of benzene rings is 2. The number of rotatable bonds is 3. The summed E-state index contributed by atoms with van der Waals surface area (Å²) in [4.78, 5) is 4.99. The summed E-state index contributed by atoms with van der Waals surface area (Å²) in [6.07, 6.45) is 1.08. The fourth-order valence-electron chi connectivity index (χ4n) is 3.88. The Morgan fingerprint density at radius 2 is 1.67 bits per heavy atom. The minimum Gasteiger partial charge on any atom is -0.495 e. The normalized spacial score (nSPS) is 17.5. The van der Waals surface area contributed by atoms with Gasteiger partial charge in [-0.3, -0.25) is 0 Å². The van der Waals surface area contributed by atoms with Gasteiger partial charge < -0.3 is 19.9 Å². The highest BCUT2D eigenvalue weighted by atomic mass is 16.5. The van der Waals surface area contributed by atoms with Crippen LogP contribution in [0.3, 0.4) is 0 Å². The van der Waals surface area contributed by atoms with Crippen molar-refractivity contribution in [3.05, 3.63) is 53.6 Å². The van der Waals surface area contributed by atoms with E-state index in [4.69, 9.17) is 4.74 Å². The van der Waals surface area contributed by atoms with Crippen LogP contribution in [0, 0.1) is 0 Å². The molecule has 0 aliphatic carbocycles. The number of nitrogens with one attached hydrogen (secondary N) is 1. The molecule has 2 aliphatic rings. The highest BCUT2D eigenvalue weighted by molar-refractivity contribution is 5.67. The number of piperazine rings is 1. The van der Waals surface area contributed by atoms with E-state index in [1.54, 1.807) is 7.11 Å². The van der Waals surface area contributed by atoms with Gasteiger partial charge in [-0.05, 0) is 42.3 Å². The number of fused-ring (bicyclic) bond motifs is 1. The lowest BCUT2D eigenvalue weighted by Crippen LogP contribution is -2.47. The van der Waals surface area contributed by atoms with Gasteiger partial charge in [0.15, 0.2) is 0 Å². The van der Waals surface area contributed by atoms with Crippen LogP contribution < -0.4 is 19.9 Å². The zero-order valence-electron chi connectivity index (χ0n) is 14.3. The first-order valence-corrected chi connectivity index (χ1v) is 8.81. The van der Waals surface area contributed by atoms with Crippen LogP contribution in [-0.4, -0.2) is 39.8 Å². The maximum atomic E-state index is 5.70. The molecule has 0 amide bonds. The van der Waals surface area contributed by atoms with Crippen LogP contribution in [0.25, 0.3) is 0 Å². The van der Waals surface area contributed by atoms with Gasteiger partial charge in [-0.2, -0.15) is 0 Å². The van der Waals surface area contributed by atoms with Gasteiger partial charge in [-0.25, -0.2) is 0 Å². The zero-order chi connectivity index (χ0) is 16.4. The van der Waals surface area contributed by atoms with Crippen molar-refractivity contribution in [2.75, 3.05) is 49.6 Å². The summed E-state index contributed by atoms with van der Waals surface area (Å²) in [5.74, 6) is 1.02. The molecule has 0 radical (unpaired) electrons. The Balaban J connectivity index is 1.57. The molecule has 2 aliphatic heterocycles. The number of hydrogen-bond acceptors (Lipinski definition) is 4. The fraction of sp³-hybridized carbons (Fsp3) is 0.400. The summed E-state index contributed by atoms with van der Waals surface area (Å²) < 4.78 is 5.70. The second-order valence-electron chi connectivity index (χ2n) is 6.49. The maximum Gasteiger partial charge on any atom is 0.142 e. The Hall–Kier alpha value is -2.20. The number of methoxy groups -OCH3 is 1. The van der Waals surface area contributed by atoms with Crippen molar-refractivity contribution in [2.24, 2.45) is 0 Å². The van der Waals surface area contributed by atoms with E-state index < -0.39 is 0 Å². The van der Waals surface area contributed by atoms with E-state index in [-0.39, 0.29) is 0 Å². The first kappa shape index (κ1) is 15.3. The van der Waals surface area contributed by atoms with Gasteiger partial charge in [0.05, 0.1) is 12.8 Å². The molecule has 0 saturated carbocycles. The van der Waals surface area contributed by atoms with Crippen LogP contribution in [0.4, 0.5) is 11.4 Å². The summed E-state index contributed by atoms with van der Waals surface area (Å²) >= 11 is 0. The fourth-order valence-corrected chi connectivity index (χ4v) is 3.88. The molecule has 0 unspecified atom stereocenters. The summed E-state index contributed by atoms with van der Waals surface area (Å²) in [6, 6.07) is 15.1. The second kappa shape index (κ2) is 6.73. The third kappa shape index (κ3) is 2.82. The third-order valence-electron chi connectivity index (χ3n) is 5.15. The van der Waals surface area contributed by atoms with Gasteiger partial charge >= 0.3 is 0 Å². The van der Waals surface area contributed by atoms with E-state index in [2.05, 4.69) is 57.6 Å². The van der Waals surface area contributed by atoms with Crippen molar-refractivity contribution < 1.29 is 4.74 Å². The minimum absolute atomic E-state index is 0.969. The first-order valence-electron chi connectivity index (χ1n) is 8.81. The average molecular weight is 323 g/mol. The molecule has 0 atom stereocenters. The summed E-state index contributed by atoms with van der Waals surface area (Å²) in [7, 11) is 1.78. The third-order valence-corrected chi connectivity index (χ3v) is 5.15.